The number of hydrogen-bond donors (Lipinski definition) is 1. The third-order valence-electron chi connectivity index (χ3n) is 3.79. The van der Waals surface area contributed by atoms with E-state index in [2.05, 4.69) is 56.1 Å². The van der Waals surface area contributed by atoms with Crippen LogP contribution in [0.2, 0.25) is 0 Å². The van der Waals surface area contributed by atoms with E-state index in [1.807, 2.05) is 13.8 Å². The van der Waals surface area contributed by atoms with Crippen molar-refractivity contribution in [2.24, 2.45) is 0 Å². The van der Waals surface area contributed by atoms with Gasteiger partial charge in [-0.15, -0.1) is 0 Å². The Bertz CT molecular complexity index is 400. The van der Waals surface area contributed by atoms with E-state index in [0.717, 1.165) is 19.6 Å². The average molecular weight is 276 g/mol. The summed E-state index contributed by atoms with van der Waals surface area (Å²) in [6.45, 7) is 16.4. The smallest absolute Gasteiger partial charge is 0.0405 e. The van der Waals surface area contributed by atoms with Crippen LogP contribution in [0.5, 0.6) is 0 Å². The first-order chi connectivity index (χ1) is 9.61. The summed E-state index contributed by atoms with van der Waals surface area (Å²) in [6, 6.07) is 7.44. The Labute approximate surface area is 125 Å². The maximum Gasteiger partial charge on any atom is 0.0405 e. The van der Waals surface area contributed by atoms with Gasteiger partial charge in [-0.25, -0.2) is 0 Å². The van der Waals surface area contributed by atoms with E-state index in [4.69, 9.17) is 0 Å². The largest absolute Gasteiger partial charge is 0.369 e. The Kier molecular flexibility index (Phi) is 7.08. The first kappa shape index (κ1) is 17.0. The number of nitrogens with zero attached hydrogens (tertiary/aromatic N) is 1. The number of fused-ring (bicyclic) bond motifs is 1. The molecule has 0 aromatic heterocycles. The van der Waals surface area contributed by atoms with Gasteiger partial charge in [-0.05, 0) is 44.0 Å². The maximum atomic E-state index is 3.58. The number of anilines is 1. The Hall–Kier alpha value is -1.02. The van der Waals surface area contributed by atoms with Crippen molar-refractivity contribution in [2.75, 3.05) is 24.5 Å². The van der Waals surface area contributed by atoms with Crippen LogP contribution >= 0.6 is 0 Å². The van der Waals surface area contributed by atoms with Crippen LogP contribution in [0.3, 0.4) is 0 Å². The summed E-state index contributed by atoms with van der Waals surface area (Å²) in [5.74, 6) is 0.666. The van der Waals surface area contributed by atoms with Crippen molar-refractivity contribution in [1.29, 1.82) is 0 Å². The molecule has 1 aromatic rings. The molecule has 1 heterocycles. The van der Waals surface area contributed by atoms with Crippen LogP contribution in [0.15, 0.2) is 18.2 Å². The predicted molar refractivity (Wildman–Crippen MR) is 90.9 cm³/mol. The topological polar surface area (TPSA) is 15.3 Å². The molecule has 0 fully saturated rings. The number of nitrogens with one attached hydrogen (secondary N) is 1. The van der Waals surface area contributed by atoms with Crippen LogP contribution in [0.25, 0.3) is 0 Å². The lowest BCUT2D eigenvalue weighted by Crippen LogP contribution is -2.39. The van der Waals surface area contributed by atoms with Crippen LogP contribution in [-0.2, 0) is 0 Å². The van der Waals surface area contributed by atoms with Crippen LogP contribution in [-0.4, -0.2) is 25.7 Å². The maximum absolute atomic E-state index is 3.58. The second-order valence-corrected chi connectivity index (χ2v) is 5.72. The van der Waals surface area contributed by atoms with Gasteiger partial charge < -0.3 is 10.2 Å². The van der Waals surface area contributed by atoms with Gasteiger partial charge in [0, 0.05) is 30.7 Å². The van der Waals surface area contributed by atoms with E-state index >= 15 is 0 Å². The minimum absolute atomic E-state index is 0.559. The van der Waals surface area contributed by atoms with E-state index < -0.39 is 0 Å². The van der Waals surface area contributed by atoms with Crippen molar-refractivity contribution in [3.05, 3.63) is 29.3 Å². The lowest BCUT2D eigenvalue weighted by Gasteiger charge is -2.25. The molecule has 0 radical (unpaired) electrons. The molecular weight excluding hydrogens is 244 g/mol. The van der Waals surface area contributed by atoms with E-state index in [-0.39, 0.29) is 0 Å². The van der Waals surface area contributed by atoms with Gasteiger partial charge in [-0.3, -0.25) is 0 Å². The number of aryl methyl sites for hydroxylation is 1. The molecule has 1 aromatic carbocycles. The molecule has 2 heteroatoms. The normalized spacial score (nSPS) is 18.3. The molecule has 2 rings (SSSR count). The molecule has 114 valence electrons. The molecule has 0 amide bonds. The Morgan fingerprint density at radius 1 is 1.35 bits per heavy atom. The molecule has 2 atom stereocenters. The molecule has 0 saturated heterocycles. The molecule has 1 aliphatic heterocycles. The van der Waals surface area contributed by atoms with E-state index in [1.54, 1.807) is 0 Å². The molecule has 20 heavy (non-hydrogen) atoms. The fourth-order valence-electron chi connectivity index (χ4n) is 2.83. The molecule has 0 bridgehead atoms. The number of hydrogen-bond acceptors (Lipinski definition) is 2. The minimum atomic E-state index is 0.559. The highest BCUT2D eigenvalue weighted by Crippen LogP contribution is 2.36. The van der Waals surface area contributed by atoms with E-state index in [0.29, 0.717) is 12.0 Å². The van der Waals surface area contributed by atoms with Crippen LogP contribution < -0.4 is 10.2 Å². The van der Waals surface area contributed by atoms with Crippen molar-refractivity contribution < 1.29 is 0 Å². The standard InChI is InChI=1S/C16H26N2.C2H6/c1-5-8-17-14(4)11-18-10-13(3)15-7-6-12(2)9-16(15)18;1-2/h6-7,9,13-14,17H,5,8,10-11H2,1-4H3;1-2H3/t13?,14-;/m1./s1. The Morgan fingerprint density at radius 2 is 2.05 bits per heavy atom. The molecule has 2 nitrogen and oxygen atoms in total. The number of benzene rings is 1. The van der Waals surface area contributed by atoms with Crippen LogP contribution in [0, 0.1) is 6.92 Å². The van der Waals surface area contributed by atoms with Crippen molar-refractivity contribution in [3.8, 4) is 0 Å². The summed E-state index contributed by atoms with van der Waals surface area (Å²) in [7, 11) is 0. The first-order valence-electron chi connectivity index (χ1n) is 8.20. The summed E-state index contributed by atoms with van der Waals surface area (Å²) in [5.41, 5.74) is 4.33. The highest BCUT2D eigenvalue weighted by molar-refractivity contribution is 5.61. The van der Waals surface area contributed by atoms with Gasteiger partial charge in [0.1, 0.15) is 0 Å². The summed E-state index contributed by atoms with van der Waals surface area (Å²) < 4.78 is 0. The SMILES string of the molecule is CC.CCCN[C@H](C)CN1CC(C)c2ccc(C)cc21. The molecule has 0 spiro atoms. The van der Waals surface area contributed by atoms with Gasteiger partial charge in [0.15, 0.2) is 0 Å². The van der Waals surface area contributed by atoms with Gasteiger partial charge in [-0.1, -0.05) is 39.8 Å². The Balaban J connectivity index is 0.000000956. The zero-order valence-electron chi connectivity index (χ0n) is 14.2. The molecule has 0 saturated carbocycles. The fraction of sp³-hybridized carbons (Fsp3) is 0.667. The third kappa shape index (κ3) is 4.24. The summed E-state index contributed by atoms with van der Waals surface area (Å²) in [6.07, 6.45) is 1.20. The monoisotopic (exact) mass is 276 g/mol. The average Bonchev–Trinajstić information content (AvgIpc) is 2.75. The van der Waals surface area contributed by atoms with Crippen molar-refractivity contribution in [1.82, 2.24) is 5.32 Å². The minimum Gasteiger partial charge on any atom is -0.369 e. The lowest BCUT2D eigenvalue weighted by molar-refractivity contribution is 0.533. The third-order valence-corrected chi connectivity index (χ3v) is 3.79. The Morgan fingerprint density at radius 3 is 2.70 bits per heavy atom. The van der Waals surface area contributed by atoms with Gasteiger partial charge in [0.2, 0.25) is 0 Å². The molecule has 1 unspecified atom stereocenters. The zero-order valence-corrected chi connectivity index (χ0v) is 14.2. The second-order valence-electron chi connectivity index (χ2n) is 5.72. The van der Waals surface area contributed by atoms with Crippen molar-refractivity contribution in [3.63, 3.8) is 0 Å². The molecule has 1 N–H and O–H groups in total. The summed E-state index contributed by atoms with van der Waals surface area (Å²) in [5, 5.41) is 3.58. The quantitative estimate of drug-likeness (QED) is 0.861. The van der Waals surface area contributed by atoms with Crippen LogP contribution in [0.1, 0.15) is 58.1 Å². The highest BCUT2D eigenvalue weighted by Gasteiger charge is 2.25. The van der Waals surface area contributed by atoms with Gasteiger partial charge >= 0.3 is 0 Å². The molecule has 1 aliphatic rings. The van der Waals surface area contributed by atoms with Gasteiger partial charge in [0.05, 0.1) is 0 Å². The first-order valence-corrected chi connectivity index (χ1v) is 8.20. The lowest BCUT2D eigenvalue weighted by atomic mass is 10.0. The summed E-state index contributed by atoms with van der Waals surface area (Å²) >= 11 is 0. The van der Waals surface area contributed by atoms with E-state index in [9.17, 15) is 0 Å². The number of rotatable bonds is 5. The van der Waals surface area contributed by atoms with Crippen molar-refractivity contribution in [2.45, 2.75) is 59.9 Å². The van der Waals surface area contributed by atoms with E-state index in [1.165, 1.54) is 23.2 Å². The fourth-order valence-corrected chi connectivity index (χ4v) is 2.83. The summed E-state index contributed by atoms with van der Waals surface area (Å²) in [4.78, 5) is 2.54. The zero-order chi connectivity index (χ0) is 15.1. The molecule has 0 aliphatic carbocycles. The second kappa shape index (κ2) is 8.31. The van der Waals surface area contributed by atoms with Crippen LogP contribution in [0.4, 0.5) is 5.69 Å². The van der Waals surface area contributed by atoms with Crippen molar-refractivity contribution >= 4 is 5.69 Å². The van der Waals surface area contributed by atoms with Gasteiger partial charge in [0.25, 0.3) is 0 Å². The molecular formula is C18H32N2. The van der Waals surface area contributed by atoms with Gasteiger partial charge in [-0.2, -0.15) is 0 Å². The highest BCUT2D eigenvalue weighted by atomic mass is 15.2. The predicted octanol–water partition coefficient (Wildman–Crippen LogP) is 4.33.